The van der Waals surface area contributed by atoms with Gasteiger partial charge in [-0.3, -0.25) is 4.57 Å². The molecule has 10 aromatic rings. The summed E-state index contributed by atoms with van der Waals surface area (Å²) in [4.78, 5) is 4.96. The largest absolute Gasteiger partial charge is 0.456 e. The van der Waals surface area contributed by atoms with Crippen LogP contribution in [0.15, 0.2) is 152 Å². The van der Waals surface area contributed by atoms with E-state index < -0.39 is 0 Å². The number of pyridine rings is 1. The molecule has 0 radical (unpaired) electrons. The topological polar surface area (TPSA) is 40.8 Å². The van der Waals surface area contributed by atoms with Crippen LogP contribution < -0.4 is 9.30 Å². The first-order valence-electron chi connectivity index (χ1n) is 19.3. The molecular formula is C50H43N5O. The molecule has 0 aliphatic heterocycles. The van der Waals surface area contributed by atoms with E-state index in [9.17, 15) is 0 Å². The average molecular weight is 730 g/mol. The molecule has 0 atom stereocenters. The van der Waals surface area contributed by atoms with Gasteiger partial charge in [0.15, 0.2) is 5.75 Å². The van der Waals surface area contributed by atoms with Crippen LogP contribution >= 0.6 is 0 Å². The Morgan fingerprint density at radius 2 is 1.16 bits per heavy atom. The number of ether oxygens (including phenoxy) is 1. The normalized spacial score (nSPS) is 12.5. The zero-order chi connectivity index (χ0) is 38.3. The Labute approximate surface area is 326 Å². The van der Waals surface area contributed by atoms with Crippen LogP contribution in [0.5, 0.6) is 11.5 Å². The van der Waals surface area contributed by atoms with Crippen LogP contribution in [-0.4, -0.2) is 18.7 Å². The molecule has 6 aromatic carbocycles. The van der Waals surface area contributed by atoms with Crippen molar-refractivity contribution in [1.29, 1.82) is 0 Å². The summed E-state index contributed by atoms with van der Waals surface area (Å²) in [6, 6.07) is 51.5. The predicted molar refractivity (Wildman–Crippen MR) is 229 cm³/mol. The van der Waals surface area contributed by atoms with Gasteiger partial charge in [-0.25, -0.2) is 4.98 Å². The second-order valence-electron chi connectivity index (χ2n) is 16.7. The van der Waals surface area contributed by atoms with E-state index >= 15 is 0 Å². The highest BCUT2D eigenvalue weighted by Gasteiger charge is 2.24. The quantitative estimate of drug-likeness (QED) is 0.131. The van der Waals surface area contributed by atoms with Gasteiger partial charge in [0.1, 0.15) is 11.6 Å². The molecule has 0 unspecified atom stereocenters. The van der Waals surface area contributed by atoms with Gasteiger partial charge in [0, 0.05) is 33.8 Å². The summed E-state index contributed by atoms with van der Waals surface area (Å²) in [7, 11) is 0. The fourth-order valence-corrected chi connectivity index (χ4v) is 8.25. The van der Waals surface area contributed by atoms with E-state index in [1.54, 1.807) is 0 Å². The van der Waals surface area contributed by atoms with Crippen molar-refractivity contribution in [1.82, 2.24) is 18.7 Å². The first-order chi connectivity index (χ1) is 27.0. The SMILES string of the molecule is CC(C)(C)c1ccnc(-n2c3ccccc3c3cc(-n4c5ccccc5c5ccccc54)c(Oc4cccc(-n5[c-][n+](C(C)(C)C)c6ccccc65)c4)cc32)c1. The molecule has 0 bridgehead atoms. The molecule has 0 saturated heterocycles. The highest BCUT2D eigenvalue weighted by atomic mass is 16.5. The van der Waals surface area contributed by atoms with Crippen molar-refractivity contribution in [3.63, 3.8) is 0 Å². The molecule has 274 valence electrons. The number of nitrogens with zero attached hydrogens (tertiary/aromatic N) is 5. The van der Waals surface area contributed by atoms with Crippen LogP contribution in [0.3, 0.4) is 0 Å². The van der Waals surface area contributed by atoms with Gasteiger partial charge >= 0.3 is 0 Å². The number of para-hydroxylation sites is 5. The van der Waals surface area contributed by atoms with E-state index in [0.717, 1.165) is 72.6 Å². The van der Waals surface area contributed by atoms with Crippen LogP contribution in [0.1, 0.15) is 47.1 Å². The lowest BCUT2D eigenvalue weighted by molar-refractivity contribution is -0.734. The lowest BCUT2D eigenvalue weighted by atomic mass is 9.88. The Kier molecular flexibility index (Phi) is 7.52. The molecular weight excluding hydrogens is 687 g/mol. The minimum atomic E-state index is -0.148. The molecule has 6 nitrogen and oxygen atoms in total. The summed E-state index contributed by atoms with van der Waals surface area (Å²) in [6.07, 6.45) is 5.58. The maximum absolute atomic E-state index is 7.16. The summed E-state index contributed by atoms with van der Waals surface area (Å²) in [5.41, 5.74) is 9.55. The Morgan fingerprint density at radius 3 is 1.82 bits per heavy atom. The average Bonchev–Trinajstić information content (AvgIpc) is 3.86. The highest BCUT2D eigenvalue weighted by molar-refractivity contribution is 6.13. The Morgan fingerprint density at radius 1 is 0.554 bits per heavy atom. The molecule has 0 N–H and O–H groups in total. The minimum Gasteiger partial charge on any atom is -0.456 e. The lowest BCUT2D eigenvalue weighted by Gasteiger charge is -2.20. The maximum Gasteiger partial charge on any atom is 0.244 e. The fourth-order valence-electron chi connectivity index (χ4n) is 8.25. The van der Waals surface area contributed by atoms with Gasteiger partial charge in [-0.05, 0) is 80.3 Å². The monoisotopic (exact) mass is 729 g/mol. The molecule has 0 amide bonds. The predicted octanol–water partition coefficient (Wildman–Crippen LogP) is 12.2. The molecule has 6 heteroatoms. The number of imidazole rings is 1. The van der Waals surface area contributed by atoms with Gasteiger partial charge in [0.2, 0.25) is 6.33 Å². The fraction of sp³-hybridized carbons (Fsp3) is 0.160. The summed E-state index contributed by atoms with van der Waals surface area (Å²) in [5.74, 6) is 2.35. The number of hydrogen-bond acceptors (Lipinski definition) is 2. The van der Waals surface area contributed by atoms with Gasteiger partial charge in [-0.15, -0.1) is 0 Å². The van der Waals surface area contributed by atoms with E-state index in [0.29, 0.717) is 0 Å². The zero-order valence-corrected chi connectivity index (χ0v) is 32.6. The molecule has 0 fully saturated rings. The van der Waals surface area contributed by atoms with Crippen LogP contribution in [0, 0.1) is 6.33 Å². The van der Waals surface area contributed by atoms with Crippen molar-refractivity contribution in [2.45, 2.75) is 52.5 Å². The molecule has 0 aliphatic carbocycles. The first kappa shape index (κ1) is 33.9. The van der Waals surface area contributed by atoms with Gasteiger partial charge in [-0.1, -0.05) is 112 Å². The second kappa shape index (κ2) is 12.4. The maximum atomic E-state index is 7.16. The summed E-state index contributed by atoms with van der Waals surface area (Å²) in [6.45, 7) is 13.4. The van der Waals surface area contributed by atoms with Crippen LogP contribution in [0.25, 0.3) is 71.8 Å². The number of aromatic nitrogens is 5. The molecule has 0 saturated carbocycles. The smallest absolute Gasteiger partial charge is 0.244 e. The van der Waals surface area contributed by atoms with Crippen molar-refractivity contribution in [3.05, 3.63) is 164 Å². The van der Waals surface area contributed by atoms with E-state index in [4.69, 9.17) is 9.72 Å². The van der Waals surface area contributed by atoms with E-state index in [2.05, 4.69) is 206 Å². The van der Waals surface area contributed by atoms with Crippen molar-refractivity contribution in [2.24, 2.45) is 0 Å². The van der Waals surface area contributed by atoms with Crippen LogP contribution in [0.4, 0.5) is 0 Å². The lowest BCUT2D eigenvalue weighted by Crippen LogP contribution is -2.49. The van der Waals surface area contributed by atoms with E-state index in [1.165, 1.54) is 16.3 Å². The summed E-state index contributed by atoms with van der Waals surface area (Å²) in [5, 5.41) is 4.68. The molecule has 4 heterocycles. The Balaban J connectivity index is 1.24. The van der Waals surface area contributed by atoms with Crippen molar-refractivity contribution in [3.8, 4) is 28.7 Å². The minimum absolute atomic E-state index is 0.0337. The standard InChI is InChI=1S/C50H43N5O/c1-49(2,3)33-26-27-51-48(28-33)55-42-23-12-9-20-38(42)39-30-46(54-40-21-10-7-18-36(40)37-19-8-11-22-41(37)54)47(31-45(39)55)56-35-17-15-16-34(29-35)52-32-53(50(4,5)6)44-25-14-13-24-43(44)52/h7-31H,1-6H3. The molecule has 4 aromatic heterocycles. The van der Waals surface area contributed by atoms with Gasteiger partial charge in [-0.2, -0.15) is 0 Å². The summed E-state index contributed by atoms with van der Waals surface area (Å²) < 4.78 is 16.2. The van der Waals surface area contributed by atoms with Gasteiger partial charge in [0.25, 0.3) is 0 Å². The van der Waals surface area contributed by atoms with Gasteiger partial charge < -0.3 is 18.4 Å². The number of rotatable bonds is 5. The summed E-state index contributed by atoms with van der Waals surface area (Å²) >= 11 is 0. The number of benzene rings is 6. The third-order valence-electron chi connectivity index (χ3n) is 11.0. The molecule has 0 spiro atoms. The number of fused-ring (bicyclic) bond motifs is 7. The zero-order valence-electron chi connectivity index (χ0n) is 32.6. The van der Waals surface area contributed by atoms with Crippen molar-refractivity contribution < 1.29 is 9.30 Å². The van der Waals surface area contributed by atoms with Crippen LogP contribution in [0.2, 0.25) is 0 Å². The van der Waals surface area contributed by atoms with Gasteiger partial charge in [0.05, 0.1) is 50.0 Å². The van der Waals surface area contributed by atoms with Crippen molar-refractivity contribution >= 4 is 54.6 Å². The Bertz CT molecular complexity index is 3090. The molecule has 10 rings (SSSR count). The van der Waals surface area contributed by atoms with Crippen molar-refractivity contribution in [2.75, 3.05) is 0 Å². The van der Waals surface area contributed by atoms with E-state index in [1.807, 2.05) is 12.3 Å². The second-order valence-corrected chi connectivity index (χ2v) is 16.7. The molecule has 56 heavy (non-hydrogen) atoms. The third-order valence-corrected chi connectivity index (χ3v) is 11.0. The first-order valence-corrected chi connectivity index (χ1v) is 19.3. The van der Waals surface area contributed by atoms with Crippen LogP contribution in [-0.2, 0) is 11.0 Å². The highest BCUT2D eigenvalue weighted by Crippen LogP contribution is 2.42. The molecule has 0 aliphatic rings. The Hall–Kier alpha value is -6.66. The number of hydrogen-bond donors (Lipinski definition) is 0. The third kappa shape index (κ3) is 5.39. The van der Waals surface area contributed by atoms with E-state index in [-0.39, 0.29) is 11.0 Å².